The summed E-state index contributed by atoms with van der Waals surface area (Å²) in [6, 6.07) is 9.45. The number of nitrogens with one attached hydrogen (secondary N) is 1. The van der Waals surface area contributed by atoms with Crippen molar-refractivity contribution in [2.75, 3.05) is 12.5 Å². The van der Waals surface area contributed by atoms with Crippen molar-refractivity contribution in [1.82, 2.24) is 0 Å². The number of ether oxygens (including phenoxy) is 1. The fourth-order valence-corrected chi connectivity index (χ4v) is 2.18. The smallest absolute Gasteiger partial charge is 0.335 e. The quantitative estimate of drug-likeness (QED) is 0.629. The first kappa shape index (κ1) is 15.8. The van der Waals surface area contributed by atoms with E-state index in [1.54, 1.807) is 24.3 Å². The summed E-state index contributed by atoms with van der Waals surface area (Å²) in [5.41, 5.74) is 4.10. The van der Waals surface area contributed by atoms with Gasteiger partial charge < -0.3 is 14.9 Å². The van der Waals surface area contributed by atoms with Crippen LogP contribution in [0.5, 0.6) is 11.5 Å². The summed E-state index contributed by atoms with van der Waals surface area (Å²) >= 11 is 3.16. The summed E-state index contributed by atoms with van der Waals surface area (Å²) in [4.78, 5) is 10.9. The van der Waals surface area contributed by atoms with Crippen molar-refractivity contribution in [1.29, 1.82) is 0 Å². The molecule has 0 saturated carbocycles. The molecule has 0 amide bonds. The zero-order valence-electron chi connectivity index (χ0n) is 11.5. The molecule has 0 atom stereocenters. The maximum Gasteiger partial charge on any atom is 0.335 e. The van der Waals surface area contributed by atoms with E-state index in [4.69, 9.17) is 9.84 Å². The molecule has 0 aliphatic carbocycles. The Hall–Kier alpha value is -2.54. The van der Waals surface area contributed by atoms with Crippen LogP contribution in [0.2, 0.25) is 0 Å². The zero-order chi connectivity index (χ0) is 16.1. The molecule has 0 bridgehead atoms. The zero-order valence-corrected chi connectivity index (χ0v) is 13.1. The Morgan fingerprint density at radius 2 is 2.18 bits per heavy atom. The topological polar surface area (TPSA) is 94.0 Å². The van der Waals surface area contributed by atoms with E-state index in [0.717, 1.165) is 0 Å². The molecule has 0 spiro atoms. The molecular weight excluding hydrogens is 352 g/mol. The van der Waals surface area contributed by atoms with E-state index in [-0.39, 0.29) is 17.1 Å². The Kier molecular flexibility index (Phi) is 5.00. The minimum absolute atomic E-state index is 0.167. The van der Waals surface area contributed by atoms with Gasteiger partial charge in [0.2, 0.25) is 0 Å². The lowest BCUT2D eigenvalue weighted by atomic mass is 10.2. The van der Waals surface area contributed by atoms with E-state index < -0.39 is 5.97 Å². The number of rotatable bonds is 5. The van der Waals surface area contributed by atoms with Crippen molar-refractivity contribution in [3.05, 3.63) is 52.0 Å². The number of carboxylic acids is 1. The number of carbonyl (C=O) groups is 1. The molecule has 22 heavy (non-hydrogen) atoms. The first-order chi connectivity index (χ1) is 10.5. The standard InChI is InChI=1S/C15H13BrN2O4/c1-22-13-6-9(5-12(16)14(13)19)8-17-18-11-4-2-3-10(7-11)15(20)21/h2-8,18-19H,1H3,(H,20,21)/p-1/b17-8+. The highest BCUT2D eigenvalue weighted by Gasteiger charge is 2.03. The number of methoxy groups -OCH3 is 1. The van der Waals surface area contributed by atoms with Crippen LogP contribution in [0.1, 0.15) is 15.9 Å². The van der Waals surface area contributed by atoms with Gasteiger partial charge in [0.15, 0.2) is 0 Å². The van der Waals surface area contributed by atoms with E-state index in [2.05, 4.69) is 26.5 Å². The normalized spacial score (nSPS) is 10.6. The molecule has 6 nitrogen and oxygen atoms in total. The number of benzene rings is 2. The minimum Gasteiger partial charge on any atom is -0.869 e. The molecule has 0 aliphatic rings. The second-order valence-electron chi connectivity index (χ2n) is 4.29. The van der Waals surface area contributed by atoms with Crippen molar-refractivity contribution >= 4 is 33.8 Å². The molecule has 2 rings (SSSR count). The third-order valence-corrected chi connectivity index (χ3v) is 3.36. The van der Waals surface area contributed by atoms with Crippen LogP contribution in [-0.4, -0.2) is 24.4 Å². The van der Waals surface area contributed by atoms with Gasteiger partial charge in [-0.25, -0.2) is 4.79 Å². The van der Waals surface area contributed by atoms with Gasteiger partial charge in [-0.15, -0.1) is 0 Å². The Labute approximate surface area is 135 Å². The van der Waals surface area contributed by atoms with Crippen LogP contribution in [0.3, 0.4) is 0 Å². The maximum absolute atomic E-state index is 11.7. The number of anilines is 1. The lowest BCUT2D eigenvalue weighted by Gasteiger charge is -2.14. The monoisotopic (exact) mass is 363 g/mol. The predicted octanol–water partition coefficient (Wildman–Crippen LogP) is 2.68. The highest BCUT2D eigenvalue weighted by molar-refractivity contribution is 9.10. The number of hydrogen-bond acceptors (Lipinski definition) is 5. The summed E-state index contributed by atoms with van der Waals surface area (Å²) in [5, 5.41) is 24.6. The number of nitrogens with zero attached hydrogens (tertiary/aromatic N) is 1. The molecule has 2 N–H and O–H groups in total. The molecular formula is C15H12BrN2O4-. The SMILES string of the molecule is COc1cc(/C=N/Nc2cccc(C(=O)O)c2)cc(Br)c1[O-]. The Bertz CT molecular complexity index is 731. The summed E-state index contributed by atoms with van der Waals surface area (Å²) < 4.78 is 5.36. The largest absolute Gasteiger partial charge is 0.869 e. The van der Waals surface area contributed by atoms with E-state index in [0.29, 0.717) is 15.7 Å². The van der Waals surface area contributed by atoms with Crippen molar-refractivity contribution in [3.8, 4) is 11.5 Å². The highest BCUT2D eigenvalue weighted by Crippen LogP contribution is 2.32. The van der Waals surface area contributed by atoms with Gasteiger partial charge in [-0.1, -0.05) is 27.7 Å². The number of halogens is 1. The second-order valence-corrected chi connectivity index (χ2v) is 5.14. The molecule has 0 aliphatic heterocycles. The molecule has 0 heterocycles. The van der Waals surface area contributed by atoms with Gasteiger partial charge in [0.05, 0.1) is 24.6 Å². The third-order valence-electron chi connectivity index (χ3n) is 2.77. The van der Waals surface area contributed by atoms with E-state index in [1.807, 2.05) is 0 Å². The fourth-order valence-electron chi connectivity index (χ4n) is 1.72. The van der Waals surface area contributed by atoms with Gasteiger partial charge >= 0.3 is 5.97 Å². The van der Waals surface area contributed by atoms with Crippen molar-refractivity contribution < 1.29 is 19.7 Å². The second kappa shape index (κ2) is 6.95. The molecule has 7 heteroatoms. The highest BCUT2D eigenvalue weighted by atomic mass is 79.9. The van der Waals surface area contributed by atoms with Crippen LogP contribution >= 0.6 is 15.9 Å². The molecule has 0 fully saturated rings. The minimum atomic E-state index is -1.01. The van der Waals surface area contributed by atoms with Crippen LogP contribution in [0.4, 0.5) is 5.69 Å². The summed E-state index contributed by atoms with van der Waals surface area (Å²) in [6.45, 7) is 0. The van der Waals surface area contributed by atoms with Gasteiger partial charge in [-0.3, -0.25) is 5.43 Å². The first-order valence-electron chi connectivity index (χ1n) is 6.18. The lowest BCUT2D eigenvalue weighted by Crippen LogP contribution is -1.99. The van der Waals surface area contributed by atoms with Gasteiger partial charge in [0.1, 0.15) is 5.75 Å². The molecule has 114 valence electrons. The lowest BCUT2D eigenvalue weighted by molar-refractivity contribution is -0.271. The van der Waals surface area contributed by atoms with Crippen molar-refractivity contribution in [2.45, 2.75) is 0 Å². The summed E-state index contributed by atoms with van der Waals surface area (Å²) in [7, 11) is 1.42. The number of hydrogen-bond donors (Lipinski definition) is 2. The van der Waals surface area contributed by atoms with Crippen molar-refractivity contribution in [2.24, 2.45) is 5.10 Å². The number of hydrazone groups is 1. The summed E-state index contributed by atoms with van der Waals surface area (Å²) in [6.07, 6.45) is 1.50. The van der Waals surface area contributed by atoms with Crippen LogP contribution < -0.4 is 15.3 Å². The van der Waals surface area contributed by atoms with E-state index in [9.17, 15) is 9.90 Å². The molecule has 0 saturated heterocycles. The maximum atomic E-state index is 11.7. The Balaban J connectivity index is 2.14. The molecule has 0 unspecified atom stereocenters. The molecule has 2 aromatic carbocycles. The van der Waals surface area contributed by atoms with Gasteiger partial charge in [0, 0.05) is 4.47 Å². The Morgan fingerprint density at radius 3 is 2.86 bits per heavy atom. The van der Waals surface area contributed by atoms with Crippen LogP contribution in [0.25, 0.3) is 0 Å². The number of carboxylic acid groups (broad SMARTS) is 1. The predicted molar refractivity (Wildman–Crippen MR) is 84.8 cm³/mol. The average molecular weight is 364 g/mol. The molecule has 0 radical (unpaired) electrons. The van der Waals surface area contributed by atoms with Crippen LogP contribution in [-0.2, 0) is 0 Å². The molecule has 0 aromatic heterocycles. The van der Waals surface area contributed by atoms with Gasteiger partial charge in [-0.05, 0) is 35.9 Å². The number of aromatic carboxylic acids is 1. The first-order valence-corrected chi connectivity index (χ1v) is 6.97. The third kappa shape index (κ3) is 3.76. The van der Waals surface area contributed by atoms with E-state index >= 15 is 0 Å². The van der Waals surface area contributed by atoms with Crippen molar-refractivity contribution in [3.63, 3.8) is 0 Å². The van der Waals surface area contributed by atoms with Crippen LogP contribution in [0.15, 0.2) is 46.0 Å². The van der Waals surface area contributed by atoms with Gasteiger partial charge in [0.25, 0.3) is 0 Å². The fraction of sp³-hybridized carbons (Fsp3) is 0.0667. The van der Waals surface area contributed by atoms with E-state index in [1.165, 1.54) is 25.5 Å². The summed E-state index contributed by atoms with van der Waals surface area (Å²) in [5.74, 6) is -1.03. The average Bonchev–Trinajstić information content (AvgIpc) is 2.51. The molecule has 2 aromatic rings. The van der Waals surface area contributed by atoms with Crippen LogP contribution in [0, 0.1) is 0 Å². The van der Waals surface area contributed by atoms with Gasteiger partial charge in [-0.2, -0.15) is 5.10 Å². The Morgan fingerprint density at radius 1 is 1.41 bits per heavy atom.